The Morgan fingerprint density at radius 2 is 1.89 bits per heavy atom. The lowest BCUT2D eigenvalue weighted by Gasteiger charge is -2.25. The second kappa shape index (κ2) is 8.05. The summed E-state index contributed by atoms with van der Waals surface area (Å²) in [6.45, 7) is 3.92. The van der Waals surface area contributed by atoms with E-state index in [0.29, 0.717) is 4.47 Å². The van der Waals surface area contributed by atoms with Crippen molar-refractivity contribution in [3.63, 3.8) is 0 Å². The monoisotopic (exact) mass is 464 g/mol. The largest absolute Gasteiger partial charge is 0.335 e. The molecule has 2 unspecified atom stereocenters. The van der Waals surface area contributed by atoms with E-state index in [-0.39, 0.29) is 29.8 Å². The standard InChI is InChI=1S/C20H21BrN2O4S/c1-13-8-9-17(11-18(13)21)28(26,27)22-20(25)16-10-19(24)23(12-16)14(2)15-6-4-3-5-7-15/h3-9,11,14,16H,10,12H2,1-2H3,(H,22,25). The third kappa shape index (κ3) is 4.28. The van der Waals surface area contributed by atoms with Gasteiger partial charge in [0.25, 0.3) is 10.0 Å². The van der Waals surface area contributed by atoms with Gasteiger partial charge >= 0.3 is 0 Å². The van der Waals surface area contributed by atoms with Crippen LogP contribution in [-0.4, -0.2) is 31.7 Å². The van der Waals surface area contributed by atoms with Crippen molar-refractivity contribution < 1.29 is 18.0 Å². The minimum Gasteiger partial charge on any atom is -0.335 e. The molecule has 2 atom stereocenters. The van der Waals surface area contributed by atoms with Crippen LogP contribution in [0.15, 0.2) is 57.9 Å². The lowest BCUT2D eigenvalue weighted by molar-refractivity contribution is -0.130. The summed E-state index contributed by atoms with van der Waals surface area (Å²) in [5, 5.41) is 0. The van der Waals surface area contributed by atoms with E-state index in [1.807, 2.05) is 44.2 Å². The Hall–Kier alpha value is -2.19. The number of hydrogen-bond acceptors (Lipinski definition) is 4. The summed E-state index contributed by atoms with van der Waals surface area (Å²) in [5.41, 5.74) is 1.85. The lowest BCUT2D eigenvalue weighted by Crippen LogP contribution is -2.37. The molecule has 3 rings (SSSR count). The molecule has 1 aliphatic heterocycles. The van der Waals surface area contributed by atoms with Crippen LogP contribution in [0, 0.1) is 12.8 Å². The van der Waals surface area contributed by atoms with Gasteiger partial charge in [0, 0.05) is 17.4 Å². The summed E-state index contributed by atoms with van der Waals surface area (Å²) in [5.74, 6) is -1.53. The fourth-order valence-corrected chi connectivity index (χ4v) is 4.81. The topological polar surface area (TPSA) is 83.5 Å². The minimum atomic E-state index is -4.00. The summed E-state index contributed by atoms with van der Waals surface area (Å²) < 4.78 is 27.8. The van der Waals surface area contributed by atoms with Gasteiger partial charge in [-0.1, -0.05) is 52.3 Å². The summed E-state index contributed by atoms with van der Waals surface area (Å²) in [4.78, 5) is 26.6. The number of nitrogens with zero attached hydrogens (tertiary/aromatic N) is 1. The zero-order valence-corrected chi connectivity index (χ0v) is 18.0. The van der Waals surface area contributed by atoms with Crippen LogP contribution in [-0.2, 0) is 19.6 Å². The number of likely N-dealkylation sites (tertiary alicyclic amines) is 1. The van der Waals surface area contributed by atoms with E-state index in [2.05, 4.69) is 20.7 Å². The maximum atomic E-state index is 12.6. The van der Waals surface area contributed by atoms with Gasteiger partial charge in [0.15, 0.2) is 0 Å². The molecule has 2 aromatic rings. The second-order valence-corrected chi connectivity index (χ2v) is 9.45. The number of benzene rings is 2. The number of carbonyl (C=O) groups is 2. The number of rotatable bonds is 5. The first-order valence-electron chi connectivity index (χ1n) is 8.86. The van der Waals surface area contributed by atoms with Crippen molar-refractivity contribution in [1.82, 2.24) is 9.62 Å². The Bertz CT molecular complexity index is 1010. The van der Waals surface area contributed by atoms with Gasteiger partial charge in [0.1, 0.15) is 0 Å². The number of halogens is 1. The van der Waals surface area contributed by atoms with Crippen LogP contribution in [0.2, 0.25) is 0 Å². The lowest BCUT2D eigenvalue weighted by atomic mass is 10.1. The van der Waals surface area contributed by atoms with Crippen molar-refractivity contribution in [2.24, 2.45) is 5.92 Å². The molecule has 148 valence electrons. The van der Waals surface area contributed by atoms with Crippen LogP contribution >= 0.6 is 15.9 Å². The summed E-state index contributed by atoms with van der Waals surface area (Å²) in [6.07, 6.45) is -0.00385. The molecule has 6 nitrogen and oxygen atoms in total. The molecular weight excluding hydrogens is 444 g/mol. The summed E-state index contributed by atoms with van der Waals surface area (Å²) in [7, 11) is -4.00. The maximum Gasteiger partial charge on any atom is 0.264 e. The minimum absolute atomic E-state index is 0.00263. The molecule has 8 heteroatoms. The quantitative estimate of drug-likeness (QED) is 0.736. The average Bonchev–Trinajstić information content (AvgIpc) is 3.05. The van der Waals surface area contributed by atoms with E-state index < -0.39 is 21.8 Å². The van der Waals surface area contributed by atoms with E-state index in [1.165, 1.54) is 12.1 Å². The van der Waals surface area contributed by atoms with E-state index in [4.69, 9.17) is 0 Å². The van der Waals surface area contributed by atoms with Gasteiger partial charge in [0.2, 0.25) is 11.8 Å². The van der Waals surface area contributed by atoms with E-state index in [9.17, 15) is 18.0 Å². The van der Waals surface area contributed by atoms with Gasteiger partial charge in [-0.15, -0.1) is 0 Å². The molecule has 0 saturated carbocycles. The van der Waals surface area contributed by atoms with Crippen molar-refractivity contribution in [2.75, 3.05) is 6.54 Å². The van der Waals surface area contributed by atoms with Gasteiger partial charge in [-0.05, 0) is 37.1 Å². The van der Waals surface area contributed by atoms with Crippen LogP contribution in [0.4, 0.5) is 0 Å². The van der Waals surface area contributed by atoms with Crippen LogP contribution in [0.3, 0.4) is 0 Å². The highest BCUT2D eigenvalue weighted by Crippen LogP contribution is 2.29. The van der Waals surface area contributed by atoms with Crippen LogP contribution in [0.1, 0.15) is 30.5 Å². The molecule has 1 fully saturated rings. The summed E-state index contributed by atoms with van der Waals surface area (Å²) in [6, 6.07) is 13.9. The summed E-state index contributed by atoms with van der Waals surface area (Å²) >= 11 is 3.30. The molecule has 2 amide bonds. The number of hydrogen-bond donors (Lipinski definition) is 1. The first kappa shape index (κ1) is 20.5. The van der Waals surface area contributed by atoms with Gasteiger partial charge in [-0.3, -0.25) is 9.59 Å². The van der Waals surface area contributed by atoms with Gasteiger partial charge < -0.3 is 4.90 Å². The Morgan fingerprint density at radius 1 is 1.21 bits per heavy atom. The fourth-order valence-electron chi connectivity index (χ4n) is 3.21. The van der Waals surface area contributed by atoms with Gasteiger partial charge in [-0.25, -0.2) is 13.1 Å². The number of aryl methyl sites for hydroxylation is 1. The van der Waals surface area contributed by atoms with E-state index in [1.54, 1.807) is 11.0 Å². The van der Waals surface area contributed by atoms with Crippen molar-refractivity contribution >= 4 is 37.8 Å². The van der Waals surface area contributed by atoms with Crippen molar-refractivity contribution in [3.05, 3.63) is 64.1 Å². The Balaban J connectivity index is 1.71. The Kier molecular flexibility index (Phi) is 5.90. The molecule has 1 heterocycles. The molecule has 0 bridgehead atoms. The van der Waals surface area contributed by atoms with Crippen molar-refractivity contribution in [2.45, 2.75) is 31.2 Å². The highest BCUT2D eigenvalue weighted by molar-refractivity contribution is 9.10. The van der Waals surface area contributed by atoms with Crippen molar-refractivity contribution in [1.29, 1.82) is 0 Å². The highest BCUT2D eigenvalue weighted by atomic mass is 79.9. The molecule has 1 aliphatic rings. The maximum absolute atomic E-state index is 12.6. The number of nitrogens with one attached hydrogen (secondary N) is 1. The van der Waals surface area contributed by atoms with Crippen LogP contribution in [0.5, 0.6) is 0 Å². The van der Waals surface area contributed by atoms with Crippen LogP contribution in [0.25, 0.3) is 0 Å². The first-order valence-corrected chi connectivity index (χ1v) is 11.1. The van der Waals surface area contributed by atoms with Gasteiger partial charge in [0.05, 0.1) is 16.9 Å². The van der Waals surface area contributed by atoms with E-state index in [0.717, 1.165) is 11.1 Å². The molecular formula is C20H21BrN2O4S. The SMILES string of the molecule is Cc1ccc(S(=O)(=O)NC(=O)C2CC(=O)N(C(C)c3ccccc3)C2)cc1Br. The predicted octanol–water partition coefficient (Wildman–Crippen LogP) is 3.17. The third-order valence-electron chi connectivity index (χ3n) is 4.97. The molecule has 0 radical (unpaired) electrons. The molecule has 28 heavy (non-hydrogen) atoms. The number of amides is 2. The third-order valence-corrected chi connectivity index (χ3v) is 7.17. The van der Waals surface area contributed by atoms with E-state index >= 15 is 0 Å². The van der Waals surface area contributed by atoms with Crippen molar-refractivity contribution in [3.8, 4) is 0 Å². The normalized spacial score (nSPS) is 18.2. The average molecular weight is 465 g/mol. The first-order chi connectivity index (χ1) is 13.2. The molecule has 1 saturated heterocycles. The predicted molar refractivity (Wildman–Crippen MR) is 109 cm³/mol. The number of carbonyl (C=O) groups excluding carboxylic acids is 2. The molecule has 2 aromatic carbocycles. The molecule has 0 aliphatic carbocycles. The zero-order chi connectivity index (χ0) is 20.5. The fraction of sp³-hybridized carbons (Fsp3) is 0.300. The van der Waals surface area contributed by atoms with Gasteiger partial charge in [-0.2, -0.15) is 0 Å². The smallest absolute Gasteiger partial charge is 0.264 e. The highest BCUT2D eigenvalue weighted by Gasteiger charge is 2.38. The Labute approximate surface area is 173 Å². The Morgan fingerprint density at radius 3 is 2.54 bits per heavy atom. The zero-order valence-electron chi connectivity index (χ0n) is 15.6. The molecule has 0 spiro atoms. The van der Waals surface area contributed by atoms with Crippen LogP contribution < -0.4 is 4.72 Å². The number of sulfonamides is 1. The second-order valence-electron chi connectivity index (χ2n) is 6.91. The molecule has 0 aromatic heterocycles. The molecule has 1 N–H and O–H groups in total.